The lowest BCUT2D eigenvalue weighted by atomic mass is 10.2. The van der Waals surface area contributed by atoms with Crippen LogP contribution in [-0.4, -0.2) is 5.91 Å². The normalized spacial score (nSPS) is 9.50. The van der Waals surface area contributed by atoms with Gasteiger partial charge in [0.25, 0.3) is 5.91 Å². The van der Waals surface area contributed by atoms with E-state index in [2.05, 4.69) is 32.2 Å². The molecular formula is C7H5Br2NO2. The molecule has 0 spiro atoms. The average Bonchev–Trinajstić information content (AvgIpc) is 2.03. The number of rotatable bonds is 2. The van der Waals surface area contributed by atoms with E-state index in [1.54, 1.807) is 18.2 Å². The molecule has 0 atom stereocenters. The predicted octanol–water partition coefficient (Wildman–Crippen LogP) is 2.24. The quantitative estimate of drug-likeness (QED) is 0.909. The Morgan fingerprint density at radius 3 is 2.58 bits per heavy atom. The topological polar surface area (TPSA) is 52.3 Å². The van der Waals surface area contributed by atoms with Gasteiger partial charge in [0.1, 0.15) is 0 Å². The van der Waals surface area contributed by atoms with E-state index >= 15 is 0 Å². The van der Waals surface area contributed by atoms with E-state index in [1.807, 2.05) is 0 Å². The largest absolute Gasteiger partial charge is 0.416 e. The summed E-state index contributed by atoms with van der Waals surface area (Å²) in [6.07, 6.45) is 0. The molecule has 0 radical (unpaired) electrons. The number of carbonyl (C=O) groups is 1. The van der Waals surface area contributed by atoms with Crippen LogP contribution in [-0.2, 0) is 0 Å². The second-order valence-corrected chi connectivity index (χ2v) is 3.24. The second kappa shape index (κ2) is 3.91. The Kier molecular flexibility index (Phi) is 3.11. The summed E-state index contributed by atoms with van der Waals surface area (Å²) in [6.45, 7) is 0. The van der Waals surface area contributed by atoms with Crippen LogP contribution in [0.5, 0.6) is 5.75 Å². The zero-order chi connectivity index (χ0) is 9.14. The van der Waals surface area contributed by atoms with Gasteiger partial charge in [-0.05, 0) is 28.1 Å². The van der Waals surface area contributed by atoms with Crippen molar-refractivity contribution in [3.05, 3.63) is 28.2 Å². The van der Waals surface area contributed by atoms with E-state index < -0.39 is 5.91 Å². The predicted molar refractivity (Wildman–Crippen MR) is 52.2 cm³/mol. The third-order valence-electron chi connectivity index (χ3n) is 1.31. The SMILES string of the molecule is NC(=O)c1cccc(Br)c1OBr. The van der Waals surface area contributed by atoms with E-state index in [1.165, 1.54) is 0 Å². The number of primary amides is 1. The molecule has 1 aromatic carbocycles. The fourth-order valence-corrected chi connectivity index (χ4v) is 1.79. The van der Waals surface area contributed by atoms with E-state index in [0.29, 0.717) is 15.8 Å². The van der Waals surface area contributed by atoms with Crippen LogP contribution in [0.25, 0.3) is 0 Å². The minimum Gasteiger partial charge on any atom is -0.416 e. The number of carbonyl (C=O) groups excluding carboxylic acids is 1. The van der Waals surface area contributed by atoms with Crippen molar-refractivity contribution >= 4 is 38.1 Å². The highest BCUT2D eigenvalue weighted by Gasteiger charge is 2.11. The van der Waals surface area contributed by atoms with Gasteiger partial charge < -0.3 is 9.56 Å². The molecule has 5 heteroatoms. The van der Waals surface area contributed by atoms with Crippen LogP contribution in [0.2, 0.25) is 0 Å². The summed E-state index contributed by atoms with van der Waals surface area (Å²) in [7, 11) is 0. The summed E-state index contributed by atoms with van der Waals surface area (Å²) < 4.78 is 5.48. The molecule has 0 saturated heterocycles. The minimum atomic E-state index is -0.522. The Morgan fingerprint density at radius 1 is 1.50 bits per heavy atom. The van der Waals surface area contributed by atoms with Gasteiger partial charge in [0.05, 0.1) is 10.0 Å². The highest BCUT2D eigenvalue weighted by atomic mass is 79.9. The van der Waals surface area contributed by atoms with Crippen molar-refractivity contribution < 1.29 is 8.62 Å². The summed E-state index contributed by atoms with van der Waals surface area (Å²) in [5.41, 5.74) is 5.43. The standard InChI is InChI=1S/C7H5Br2NO2/c8-5-3-1-2-4(7(10)11)6(5)12-9/h1-3H,(H2,10,11). The molecule has 3 nitrogen and oxygen atoms in total. The van der Waals surface area contributed by atoms with Gasteiger partial charge in [0.2, 0.25) is 0 Å². The Labute approximate surface area is 86.5 Å². The number of para-hydroxylation sites is 1. The number of benzene rings is 1. The van der Waals surface area contributed by atoms with Crippen molar-refractivity contribution in [3.8, 4) is 5.75 Å². The van der Waals surface area contributed by atoms with Crippen LogP contribution in [0, 0.1) is 0 Å². The zero-order valence-electron chi connectivity index (χ0n) is 5.88. The van der Waals surface area contributed by atoms with Gasteiger partial charge in [-0.2, -0.15) is 0 Å². The Morgan fingerprint density at radius 2 is 2.17 bits per heavy atom. The fourth-order valence-electron chi connectivity index (χ4n) is 0.781. The molecule has 1 rings (SSSR count). The van der Waals surface area contributed by atoms with Gasteiger partial charge in [0.15, 0.2) is 22.0 Å². The van der Waals surface area contributed by atoms with Gasteiger partial charge in [-0.1, -0.05) is 6.07 Å². The molecule has 0 aliphatic rings. The molecule has 0 aromatic heterocycles. The molecule has 64 valence electrons. The van der Waals surface area contributed by atoms with Crippen molar-refractivity contribution in [2.75, 3.05) is 0 Å². The summed E-state index contributed by atoms with van der Waals surface area (Å²) in [4.78, 5) is 10.8. The smallest absolute Gasteiger partial charge is 0.252 e. The van der Waals surface area contributed by atoms with Crippen LogP contribution < -0.4 is 9.56 Å². The van der Waals surface area contributed by atoms with Crippen molar-refractivity contribution in [3.63, 3.8) is 0 Å². The van der Waals surface area contributed by atoms with Gasteiger partial charge in [-0.25, -0.2) is 0 Å². The first-order chi connectivity index (χ1) is 5.66. The Hall–Kier alpha value is -0.550. The number of hydrogen-bond donors (Lipinski definition) is 1. The monoisotopic (exact) mass is 293 g/mol. The zero-order valence-corrected chi connectivity index (χ0v) is 9.05. The van der Waals surface area contributed by atoms with Crippen molar-refractivity contribution in [1.82, 2.24) is 0 Å². The number of amides is 1. The molecule has 1 amide bonds. The highest BCUT2D eigenvalue weighted by Crippen LogP contribution is 2.29. The summed E-state index contributed by atoms with van der Waals surface area (Å²) in [5, 5.41) is 0. The van der Waals surface area contributed by atoms with Gasteiger partial charge in [-0.15, -0.1) is 0 Å². The van der Waals surface area contributed by atoms with E-state index in [9.17, 15) is 4.79 Å². The maximum absolute atomic E-state index is 10.8. The molecule has 0 heterocycles. The molecule has 0 unspecified atom stereocenters. The number of hydrogen-bond acceptors (Lipinski definition) is 2. The first-order valence-electron chi connectivity index (χ1n) is 3.03. The summed E-state index contributed by atoms with van der Waals surface area (Å²) in [5.74, 6) is -0.129. The van der Waals surface area contributed by atoms with E-state index in [-0.39, 0.29) is 0 Å². The van der Waals surface area contributed by atoms with Crippen molar-refractivity contribution in [2.24, 2.45) is 5.73 Å². The van der Waals surface area contributed by atoms with Crippen LogP contribution in [0.1, 0.15) is 10.4 Å². The lowest BCUT2D eigenvalue weighted by molar-refractivity contribution is 0.0999. The average molecular weight is 295 g/mol. The van der Waals surface area contributed by atoms with Gasteiger partial charge >= 0.3 is 0 Å². The van der Waals surface area contributed by atoms with Crippen molar-refractivity contribution in [2.45, 2.75) is 0 Å². The highest BCUT2D eigenvalue weighted by molar-refractivity contribution is 9.10. The molecule has 12 heavy (non-hydrogen) atoms. The van der Waals surface area contributed by atoms with Gasteiger partial charge in [0, 0.05) is 0 Å². The number of nitrogens with two attached hydrogens (primary N) is 1. The molecule has 0 bridgehead atoms. The minimum absolute atomic E-state index is 0.334. The van der Waals surface area contributed by atoms with Crippen LogP contribution in [0.15, 0.2) is 22.7 Å². The Bertz CT molecular complexity index is 314. The molecule has 0 aliphatic carbocycles. The molecule has 2 N–H and O–H groups in total. The van der Waals surface area contributed by atoms with Crippen molar-refractivity contribution in [1.29, 1.82) is 0 Å². The van der Waals surface area contributed by atoms with Crippen LogP contribution in [0.4, 0.5) is 0 Å². The van der Waals surface area contributed by atoms with E-state index in [4.69, 9.17) is 9.56 Å². The number of halogens is 2. The molecule has 0 aliphatic heterocycles. The first-order valence-corrected chi connectivity index (χ1v) is 4.47. The lowest BCUT2D eigenvalue weighted by Crippen LogP contribution is -2.11. The molecule has 0 saturated carbocycles. The van der Waals surface area contributed by atoms with Gasteiger partial charge in [-0.3, -0.25) is 4.79 Å². The lowest BCUT2D eigenvalue weighted by Gasteiger charge is -2.04. The first kappa shape index (κ1) is 9.54. The fraction of sp³-hybridized carbons (Fsp3) is 0. The summed E-state index contributed by atoms with van der Waals surface area (Å²) in [6, 6.07) is 5.05. The maximum Gasteiger partial charge on any atom is 0.252 e. The molecular weight excluding hydrogens is 290 g/mol. The Balaban J connectivity index is 3.27. The summed E-state index contributed by atoms with van der Waals surface area (Å²) >= 11 is 6.00. The molecule has 1 aromatic rings. The van der Waals surface area contributed by atoms with E-state index in [0.717, 1.165) is 0 Å². The second-order valence-electron chi connectivity index (χ2n) is 2.06. The third kappa shape index (κ3) is 1.78. The van der Waals surface area contributed by atoms with Crippen LogP contribution in [0.3, 0.4) is 0 Å². The third-order valence-corrected chi connectivity index (χ3v) is 2.26. The van der Waals surface area contributed by atoms with Crippen LogP contribution >= 0.6 is 32.2 Å². The maximum atomic E-state index is 10.8. The molecule has 0 fully saturated rings.